The fourth-order valence-electron chi connectivity index (χ4n) is 7.35. The number of rotatable bonds is 6. The average Bonchev–Trinajstić information content (AvgIpc) is 3.23. The van der Waals surface area contributed by atoms with Crippen molar-refractivity contribution < 1.29 is 0 Å². The van der Waals surface area contributed by atoms with Crippen LogP contribution in [-0.4, -0.2) is 19.9 Å². The molecule has 0 bridgehead atoms. The van der Waals surface area contributed by atoms with Gasteiger partial charge in [-0.1, -0.05) is 158 Å². The first-order chi connectivity index (χ1) is 25.7. The third kappa shape index (κ3) is 5.26. The second-order valence-electron chi connectivity index (χ2n) is 13.1. The van der Waals surface area contributed by atoms with Crippen molar-refractivity contribution in [1.82, 2.24) is 19.9 Å². The lowest BCUT2D eigenvalue weighted by Crippen LogP contribution is -2.00. The highest BCUT2D eigenvalue weighted by Gasteiger charge is 2.15. The zero-order valence-corrected chi connectivity index (χ0v) is 28.1. The SMILES string of the molecule is c1ccc(-c2ccc(-c3nc(-c4ccc(-c5ccncc5)cc4)nc(-c4ccc(-c5ccc6ccc7cccc8ccc5c6c78)cc4)n3)cc2)cc1. The molecule has 0 aliphatic carbocycles. The van der Waals surface area contributed by atoms with E-state index in [9.17, 15) is 0 Å². The Balaban J connectivity index is 1.06. The van der Waals surface area contributed by atoms with E-state index >= 15 is 0 Å². The molecule has 0 amide bonds. The summed E-state index contributed by atoms with van der Waals surface area (Å²) in [5.41, 5.74) is 9.69. The zero-order valence-electron chi connectivity index (χ0n) is 28.1. The van der Waals surface area contributed by atoms with Gasteiger partial charge in [0.05, 0.1) is 0 Å². The molecule has 242 valence electrons. The standard InChI is InChI=1S/C48H30N4/c1-2-5-31(6-3-1)32-9-17-39(18-10-32)46-50-47(40-19-11-33(12-20-40)34-27-29-49-30-28-34)52-48(51-46)41-21-13-35(14-22-41)42-25-23-38-16-15-36-7-4-8-37-24-26-43(42)45(38)44(36)37/h1-30H. The quantitative estimate of drug-likeness (QED) is 0.166. The molecule has 2 heterocycles. The highest BCUT2D eigenvalue weighted by atomic mass is 15.0. The van der Waals surface area contributed by atoms with E-state index in [-0.39, 0.29) is 0 Å². The molecule has 52 heavy (non-hydrogen) atoms. The number of benzene rings is 8. The lowest BCUT2D eigenvalue weighted by atomic mass is 9.90. The molecule has 0 spiro atoms. The Labute approximate surface area is 301 Å². The van der Waals surface area contributed by atoms with Gasteiger partial charge in [-0.15, -0.1) is 0 Å². The molecule has 0 N–H and O–H groups in total. The van der Waals surface area contributed by atoms with Crippen molar-refractivity contribution in [3.8, 4) is 67.5 Å². The smallest absolute Gasteiger partial charge is 0.164 e. The van der Waals surface area contributed by atoms with Crippen molar-refractivity contribution in [2.75, 3.05) is 0 Å². The fraction of sp³-hybridized carbons (Fsp3) is 0. The summed E-state index contributed by atoms with van der Waals surface area (Å²) in [5.74, 6) is 1.89. The zero-order chi connectivity index (χ0) is 34.4. The topological polar surface area (TPSA) is 51.6 Å². The summed E-state index contributed by atoms with van der Waals surface area (Å²) in [6.45, 7) is 0. The van der Waals surface area contributed by atoms with Gasteiger partial charge in [0.15, 0.2) is 17.5 Å². The van der Waals surface area contributed by atoms with Crippen molar-refractivity contribution in [2.24, 2.45) is 0 Å². The molecule has 0 saturated heterocycles. The van der Waals surface area contributed by atoms with Crippen LogP contribution in [0.25, 0.3) is 99.9 Å². The first kappa shape index (κ1) is 29.8. The highest BCUT2D eigenvalue weighted by molar-refractivity contribution is 6.25. The second-order valence-corrected chi connectivity index (χ2v) is 13.1. The van der Waals surface area contributed by atoms with E-state index < -0.39 is 0 Å². The predicted octanol–water partition coefficient (Wildman–Crippen LogP) is 12.2. The Kier molecular flexibility index (Phi) is 7.10. The van der Waals surface area contributed by atoms with Crippen LogP contribution in [0.15, 0.2) is 182 Å². The molecule has 0 fully saturated rings. The maximum Gasteiger partial charge on any atom is 0.164 e. The minimum absolute atomic E-state index is 0.629. The lowest BCUT2D eigenvalue weighted by Gasteiger charge is -2.14. The van der Waals surface area contributed by atoms with E-state index in [1.807, 2.05) is 30.6 Å². The summed E-state index contributed by atoms with van der Waals surface area (Å²) in [5, 5.41) is 7.70. The Morgan fingerprint density at radius 2 is 0.692 bits per heavy atom. The molecule has 10 rings (SSSR count). The van der Waals surface area contributed by atoms with E-state index in [1.165, 1.54) is 43.4 Å². The number of hydrogen-bond acceptors (Lipinski definition) is 4. The first-order valence-electron chi connectivity index (χ1n) is 17.5. The molecule has 4 nitrogen and oxygen atoms in total. The molecule has 0 unspecified atom stereocenters. The summed E-state index contributed by atoms with van der Waals surface area (Å²) < 4.78 is 0. The lowest BCUT2D eigenvalue weighted by molar-refractivity contribution is 1.07. The molecule has 4 heteroatoms. The normalized spacial score (nSPS) is 11.5. The van der Waals surface area contributed by atoms with Crippen LogP contribution in [0.2, 0.25) is 0 Å². The molecule has 2 aromatic heterocycles. The van der Waals surface area contributed by atoms with Crippen molar-refractivity contribution >= 4 is 32.3 Å². The molecule has 0 radical (unpaired) electrons. The molecule has 0 aliphatic heterocycles. The Morgan fingerprint density at radius 3 is 1.25 bits per heavy atom. The number of aromatic nitrogens is 4. The monoisotopic (exact) mass is 662 g/mol. The van der Waals surface area contributed by atoms with Crippen LogP contribution in [-0.2, 0) is 0 Å². The fourth-order valence-corrected chi connectivity index (χ4v) is 7.35. The largest absolute Gasteiger partial charge is 0.265 e. The van der Waals surface area contributed by atoms with Gasteiger partial charge >= 0.3 is 0 Å². The van der Waals surface area contributed by atoms with Crippen molar-refractivity contribution in [3.05, 3.63) is 182 Å². The van der Waals surface area contributed by atoms with Crippen molar-refractivity contribution in [1.29, 1.82) is 0 Å². The van der Waals surface area contributed by atoms with Crippen molar-refractivity contribution in [3.63, 3.8) is 0 Å². The Morgan fingerprint density at radius 1 is 0.269 bits per heavy atom. The van der Waals surface area contributed by atoms with Crippen LogP contribution < -0.4 is 0 Å². The van der Waals surface area contributed by atoms with Gasteiger partial charge in [-0.3, -0.25) is 4.98 Å². The molecular formula is C48H30N4. The van der Waals surface area contributed by atoms with Crippen LogP contribution >= 0.6 is 0 Å². The summed E-state index contributed by atoms with van der Waals surface area (Å²) in [4.78, 5) is 19.3. The molecule has 0 aliphatic rings. The minimum Gasteiger partial charge on any atom is -0.265 e. The van der Waals surface area contributed by atoms with E-state index in [2.05, 4.69) is 157 Å². The minimum atomic E-state index is 0.629. The van der Waals surface area contributed by atoms with Gasteiger partial charge in [-0.2, -0.15) is 0 Å². The maximum atomic E-state index is 5.05. The molecular weight excluding hydrogens is 633 g/mol. The molecule has 0 saturated carbocycles. The van der Waals surface area contributed by atoms with Crippen LogP contribution in [0, 0.1) is 0 Å². The van der Waals surface area contributed by atoms with Crippen LogP contribution in [0.1, 0.15) is 0 Å². The van der Waals surface area contributed by atoms with E-state index in [4.69, 9.17) is 15.0 Å². The third-order valence-electron chi connectivity index (χ3n) is 10.0. The first-order valence-corrected chi connectivity index (χ1v) is 17.5. The van der Waals surface area contributed by atoms with Crippen LogP contribution in [0.3, 0.4) is 0 Å². The highest BCUT2D eigenvalue weighted by Crippen LogP contribution is 2.39. The summed E-state index contributed by atoms with van der Waals surface area (Å²) in [6.07, 6.45) is 3.62. The summed E-state index contributed by atoms with van der Waals surface area (Å²) >= 11 is 0. The van der Waals surface area contributed by atoms with E-state index in [0.717, 1.165) is 38.9 Å². The van der Waals surface area contributed by atoms with Gasteiger partial charge in [0, 0.05) is 29.1 Å². The van der Waals surface area contributed by atoms with Gasteiger partial charge in [-0.05, 0) is 77.8 Å². The molecule has 10 aromatic rings. The number of hydrogen-bond donors (Lipinski definition) is 0. The van der Waals surface area contributed by atoms with Crippen molar-refractivity contribution in [2.45, 2.75) is 0 Å². The summed E-state index contributed by atoms with van der Waals surface area (Å²) in [6, 6.07) is 59.8. The molecule has 0 atom stereocenters. The third-order valence-corrected chi connectivity index (χ3v) is 10.0. The van der Waals surface area contributed by atoms with Gasteiger partial charge in [0.2, 0.25) is 0 Å². The van der Waals surface area contributed by atoms with Gasteiger partial charge < -0.3 is 0 Å². The van der Waals surface area contributed by atoms with E-state index in [1.54, 1.807) is 0 Å². The predicted molar refractivity (Wildman–Crippen MR) is 214 cm³/mol. The van der Waals surface area contributed by atoms with Gasteiger partial charge in [-0.25, -0.2) is 15.0 Å². The Hall–Kier alpha value is -7.04. The summed E-state index contributed by atoms with van der Waals surface area (Å²) in [7, 11) is 0. The number of pyridine rings is 1. The Bertz CT molecular complexity index is 2730. The average molecular weight is 663 g/mol. The van der Waals surface area contributed by atoms with Gasteiger partial charge in [0.25, 0.3) is 0 Å². The van der Waals surface area contributed by atoms with Crippen LogP contribution in [0.4, 0.5) is 0 Å². The molecule has 8 aromatic carbocycles. The van der Waals surface area contributed by atoms with Crippen LogP contribution in [0.5, 0.6) is 0 Å². The van der Waals surface area contributed by atoms with E-state index in [0.29, 0.717) is 17.5 Å². The maximum absolute atomic E-state index is 5.05. The second kappa shape index (κ2) is 12.4. The van der Waals surface area contributed by atoms with Gasteiger partial charge in [0.1, 0.15) is 0 Å². The number of nitrogens with zero attached hydrogens (tertiary/aromatic N) is 4.